The summed E-state index contributed by atoms with van der Waals surface area (Å²) in [6.07, 6.45) is 33.8. The van der Waals surface area contributed by atoms with Gasteiger partial charge in [-0.3, -0.25) is 4.79 Å². The predicted octanol–water partition coefficient (Wildman–Crippen LogP) is 8.25. The molecule has 1 heterocycles. The number of aliphatic hydroxyl groups is 6. The van der Waals surface area contributed by atoms with Crippen LogP contribution in [0.15, 0.2) is 36.5 Å². The van der Waals surface area contributed by atoms with Crippen LogP contribution < -0.4 is 5.32 Å². The van der Waals surface area contributed by atoms with Crippen LogP contribution >= 0.6 is 0 Å². The molecule has 8 atom stereocenters. The van der Waals surface area contributed by atoms with Gasteiger partial charge < -0.3 is 45.4 Å². The highest BCUT2D eigenvalue weighted by Crippen LogP contribution is 2.22. The zero-order valence-electron chi connectivity index (χ0n) is 35.5. The molecule has 0 saturated carbocycles. The van der Waals surface area contributed by atoms with Crippen molar-refractivity contribution in [3.63, 3.8) is 0 Å². The van der Waals surface area contributed by atoms with Crippen LogP contribution in [0.25, 0.3) is 0 Å². The largest absolute Gasteiger partial charge is 0.394 e. The van der Waals surface area contributed by atoms with E-state index >= 15 is 0 Å². The lowest BCUT2D eigenvalue weighted by atomic mass is 9.99. The first-order valence-electron chi connectivity index (χ1n) is 22.8. The van der Waals surface area contributed by atoms with Crippen LogP contribution in [0.5, 0.6) is 0 Å². The number of nitrogens with one attached hydrogen (secondary N) is 1. The van der Waals surface area contributed by atoms with Crippen molar-refractivity contribution in [1.29, 1.82) is 0 Å². The van der Waals surface area contributed by atoms with Gasteiger partial charge in [-0.05, 0) is 57.8 Å². The molecule has 56 heavy (non-hydrogen) atoms. The van der Waals surface area contributed by atoms with Crippen molar-refractivity contribution < 1.29 is 44.9 Å². The van der Waals surface area contributed by atoms with E-state index < -0.39 is 61.5 Å². The molecule has 1 amide bonds. The third-order valence-corrected chi connectivity index (χ3v) is 10.8. The maximum Gasteiger partial charge on any atom is 0.249 e. The highest BCUT2D eigenvalue weighted by atomic mass is 16.7. The lowest BCUT2D eigenvalue weighted by Gasteiger charge is -2.40. The van der Waals surface area contributed by atoms with E-state index in [4.69, 9.17) is 9.47 Å². The van der Waals surface area contributed by atoms with Crippen LogP contribution in [0.3, 0.4) is 0 Å². The number of hydrogen-bond donors (Lipinski definition) is 7. The van der Waals surface area contributed by atoms with Gasteiger partial charge in [-0.25, -0.2) is 0 Å². The highest BCUT2D eigenvalue weighted by molar-refractivity contribution is 5.80. The van der Waals surface area contributed by atoms with Crippen LogP contribution in [0, 0.1) is 0 Å². The number of unbranched alkanes of at least 4 members (excludes halogenated alkanes) is 22. The SMILES string of the molecule is CCCCCCC/C=C/CC/C=C/C(O)C(COC1OC(CO)C(O)C(O)C1O)NC(=O)C(O)CCCCCCCC/C=C\CCCCCCCCCCCC. The smallest absolute Gasteiger partial charge is 0.249 e. The molecule has 1 saturated heterocycles. The average Bonchev–Trinajstić information content (AvgIpc) is 3.20. The lowest BCUT2D eigenvalue weighted by molar-refractivity contribution is -0.302. The molecular weight excluding hydrogens is 711 g/mol. The Bertz CT molecular complexity index is 990. The minimum atomic E-state index is -1.61. The van der Waals surface area contributed by atoms with E-state index in [9.17, 15) is 35.4 Å². The van der Waals surface area contributed by atoms with Gasteiger partial charge in [0.25, 0.3) is 0 Å². The Labute approximate surface area is 341 Å². The lowest BCUT2D eigenvalue weighted by Crippen LogP contribution is -2.60. The van der Waals surface area contributed by atoms with Gasteiger partial charge in [-0.15, -0.1) is 0 Å². The van der Waals surface area contributed by atoms with Crippen molar-refractivity contribution in [2.45, 2.75) is 236 Å². The fourth-order valence-corrected chi connectivity index (χ4v) is 7.00. The Morgan fingerprint density at radius 3 is 1.55 bits per heavy atom. The maximum absolute atomic E-state index is 13.0. The summed E-state index contributed by atoms with van der Waals surface area (Å²) >= 11 is 0. The molecule has 0 aromatic heterocycles. The minimum Gasteiger partial charge on any atom is -0.394 e. The normalized spacial score (nSPS) is 22.0. The number of amides is 1. The van der Waals surface area contributed by atoms with Crippen molar-refractivity contribution in [3.05, 3.63) is 36.5 Å². The quantitative estimate of drug-likeness (QED) is 0.0242. The summed E-state index contributed by atoms with van der Waals surface area (Å²) in [6.45, 7) is 3.55. The van der Waals surface area contributed by atoms with Crippen LogP contribution in [-0.2, 0) is 14.3 Å². The second-order valence-electron chi connectivity index (χ2n) is 16.0. The minimum absolute atomic E-state index is 0.296. The Kier molecular flexibility index (Phi) is 34.1. The molecule has 10 heteroatoms. The summed E-state index contributed by atoms with van der Waals surface area (Å²) in [7, 11) is 0. The first-order chi connectivity index (χ1) is 27.3. The van der Waals surface area contributed by atoms with Crippen molar-refractivity contribution >= 4 is 5.91 Å². The van der Waals surface area contributed by atoms with E-state index in [1.54, 1.807) is 6.08 Å². The van der Waals surface area contributed by atoms with Gasteiger partial charge in [0.2, 0.25) is 5.91 Å². The summed E-state index contributed by atoms with van der Waals surface area (Å²) in [5, 5.41) is 64.5. The summed E-state index contributed by atoms with van der Waals surface area (Å²) in [6, 6.07) is -0.997. The molecule has 0 bridgehead atoms. The van der Waals surface area contributed by atoms with Gasteiger partial charge in [0.15, 0.2) is 6.29 Å². The van der Waals surface area contributed by atoms with Gasteiger partial charge in [0, 0.05) is 0 Å². The number of ether oxygens (including phenoxy) is 2. The second kappa shape index (κ2) is 36.4. The Morgan fingerprint density at radius 2 is 1.05 bits per heavy atom. The van der Waals surface area contributed by atoms with Crippen LogP contribution in [0.4, 0.5) is 0 Å². The number of hydrogen-bond acceptors (Lipinski definition) is 9. The van der Waals surface area contributed by atoms with Crippen molar-refractivity contribution in [2.75, 3.05) is 13.2 Å². The third kappa shape index (κ3) is 26.4. The predicted molar refractivity (Wildman–Crippen MR) is 227 cm³/mol. The molecule has 10 nitrogen and oxygen atoms in total. The summed E-state index contributed by atoms with van der Waals surface area (Å²) < 4.78 is 11.1. The van der Waals surface area contributed by atoms with E-state index in [0.717, 1.165) is 38.5 Å². The first-order valence-corrected chi connectivity index (χ1v) is 22.8. The van der Waals surface area contributed by atoms with Gasteiger partial charge in [-0.2, -0.15) is 0 Å². The molecule has 328 valence electrons. The zero-order chi connectivity index (χ0) is 41.1. The first kappa shape index (κ1) is 52.4. The average molecular weight is 796 g/mol. The van der Waals surface area contributed by atoms with E-state index in [1.807, 2.05) is 6.08 Å². The van der Waals surface area contributed by atoms with E-state index in [0.29, 0.717) is 19.3 Å². The van der Waals surface area contributed by atoms with E-state index in [1.165, 1.54) is 116 Å². The van der Waals surface area contributed by atoms with Crippen LogP contribution in [0.2, 0.25) is 0 Å². The van der Waals surface area contributed by atoms with E-state index in [2.05, 4.69) is 43.5 Å². The number of carbonyl (C=O) groups excluding carboxylic acids is 1. The number of allylic oxidation sites excluding steroid dienone is 5. The Morgan fingerprint density at radius 1 is 0.607 bits per heavy atom. The molecule has 1 fully saturated rings. The molecule has 0 spiro atoms. The molecule has 8 unspecified atom stereocenters. The van der Waals surface area contributed by atoms with Gasteiger partial charge in [0.05, 0.1) is 25.4 Å². The molecular formula is C46H85NO9. The fourth-order valence-electron chi connectivity index (χ4n) is 7.00. The zero-order valence-corrected chi connectivity index (χ0v) is 35.5. The molecule has 0 aromatic carbocycles. The maximum atomic E-state index is 13.0. The second-order valence-corrected chi connectivity index (χ2v) is 16.0. The number of rotatable bonds is 37. The van der Waals surface area contributed by atoms with Crippen molar-refractivity contribution in [1.82, 2.24) is 5.32 Å². The van der Waals surface area contributed by atoms with Crippen LogP contribution in [0.1, 0.15) is 187 Å². The summed E-state index contributed by atoms with van der Waals surface area (Å²) in [5.41, 5.74) is 0. The van der Waals surface area contributed by atoms with Gasteiger partial charge in [-0.1, -0.05) is 166 Å². The van der Waals surface area contributed by atoms with Crippen molar-refractivity contribution in [2.24, 2.45) is 0 Å². The topological polar surface area (TPSA) is 169 Å². The third-order valence-electron chi connectivity index (χ3n) is 10.8. The summed E-state index contributed by atoms with van der Waals surface area (Å²) in [5.74, 6) is -0.633. The molecule has 7 N–H and O–H groups in total. The number of carbonyl (C=O) groups is 1. The highest BCUT2D eigenvalue weighted by Gasteiger charge is 2.44. The standard InChI is InChI=1S/C46H85NO9/c1-3-5-7-9-11-13-15-16-17-18-19-20-21-22-23-25-27-29-31-33-35-40(50)45(54)47-38(37-55-46-44(53)43(52)42(51)41(36-48)56-46)39(49)34-32-30-28-26-24-14-12-10-8-6-4-2/h20-21,24,26,32,34,38-44,46,48-53H,3-19,22-23,25,27-31,33,35-37H2,1-2H3,(H,47,54)/b21-20-,26-24+,34-32+. The van der Waals surface area contributed by atoms with Crippen molar-refractivity contribution in [3.8, 4) is 0 Å². The van der Waals surface area contributed by atoms with Gasteiger partial charge in [0.1, 0.15) is 30.5 Å². The molecule has 0 aliphatic carbocycles. The summed E-state index contributed by atoms with van der Waals surface area (Å²) in [4.78, 5) is 13.0. The number of aliphatic hydroxyl groups excluding tert-OH is 6. The molecule has 0 aromatic rings. The molecule has 1 aliphatic rings. The Hall–Kier alpha value is -1.63. The molecule has 0 radical (unpaired) electrons. The molecule has 1 rings (SSSR count). The molecule has 1 aliphatic heterocycles. The monoisotopic (exact) mass is 796 g/mol. The van der Waals surface area contributed by atoms with Crippen LogP contribution in [-0.4, -0.2) is 98.7 Å². The fraction of sp³-hybridized carbons (Fsp3) is 0.848. The van der Waals surface area contributed by atoms with Gasteiger partial charge >= 0.3 is 0 Å². The Balaban J connectivity index is 2.39. The van der Waals surface area contributed by atoms with E-state index in [-0.39, 0.29) is 6.61 Å².